The Balaban J connectivity index is 4.11. The molecule has 0 saturated heterocycles. The van der Waals surface area contributed by atoms with E-state index in [9.17, 15) is 9.59 Å². The van der Waals surface area contributed by atoms with E-state index in [1.54, 1.807) is 0 Å². The summed E-state index contributed by atoms with van der Waals surface area (Å²) in [6, 6.07) is 0. The third kappa shape index (κ3) is 42.6. The molecule has 0 bridgehead atoms. The highest BCUT2D eigenvalue weighted by molar-refractivity contribution is 5.70. The van der Waals surface area contributed by atoms with Crippen molar-refractivity contribution in [3.05, 3.63) is 48.6 Å². The number of carbonyl (C=O) groups excluding carboxylic acids is 2. The molecule has 5 heteroatoms. The lowest BCUT2D eigenvalue weighted by Crippen LogP contribution is -2.30. The van der Waals surface area contributed by atoms with Crippen molar-refractivity contribution < 1.29 is 23.8 Å². The van der Waals surface area contributed by atoms with Crippen LogP contribution in [0.3, 0.4) is 0 Å². The van der Waals surface area contributed by atoms with Crippen molar-refractivity contribution in [1.82, 2.24) is 0 Å². The number of hydrogen-bond acceptors (Lipinski definition) is 5. The minimum atomic E-state index is -0.534. The lowest BCUT2D eigenvalue weighted by Gasteiger charge is -2.18. The lowest BCUT2D eigenvalue weighted by molar-refractivity contribution is -0.163. The Kier molecular flexibility index (Phi) is 43.5. The van der Waals surface area contributed by atoms with E-state index in [4.69, 9.17) is 14.2 Å². The summed E-state index contributed by atoms with van der Waals surface area (Å²) in [6.07, 6.45) is 54.0. The monoisotopic (exact) mass is 757 g/mol. The molecular weight excluding hydrogens is 669 g/mol. The van der Waals surface area contributed by atoms with Gasteiger partial charge >= 0.3 is 11.9 Å². The standard InChI is InChI=1S/C49H88O5/c1-4-7-10-13-16-18-20-22-23-24-25-26-27-29-30-32-34-36-39-42-48(50)53-46-47(45-52-44-41-38-15-12-9-6-3)54-49(51)43-40-37-35-33-31-28-21-19-17-14-11-8-5-2/h7,10,16,18,22-23,25-26,47H,4-6,8-9,11-15,17,19-21,24,27-46H2,1-3H3/b10-7-,18-16-,23-22-,26-25-. The fourth-order valence-electron chi connectivity index (χ4n) is 6.44. The molecule has 0 aromatic heterocycles. The number of carbonyl (C=O) groups is 2. The van der Waals surface area contributed by atoms with Crippen LogP contribution < -0.4 is 0 Å². The van der Waals surface area contributed by atoms with Gasteiger partial charge < -0.3 is 14.2 Å². The topological polar surface area (TPSA) is 61.8 Å². The van der Waals surface area contributed by atoms with Crippen LogP contribution in [0.1, 0.15) is 226 Å². The van der Waals surface area contributed by atoms with Gasteiger partial charge in [-0.1, -0.05) is 204 Å². The summed E-state index contributed by atoms with van der Waals surface area (Å²) in [4.78, 5) is 25.2. The molecule has 0 aliphatic carbocycles. The van der Waals surface area contributed by atoms with E-state index in [0.717, 1.165) is 77.0 Å². The Morgan fingerprint density at radius 3 is 1.33 bits per heavy atom. The molecule has 0 radical (unpaired) electrons. The molecule has 5 nitrogen and oxygen atoms in total. The third-order valence-electron chi connectivity index (χ3n) is 9.88. The molecule has 0 spiro atoms. The minimum Gasteiger partial charge on any atom is -0.462 e. The van der Waals surface area contributed by atoms with Crippen LogP contribution in [0.15, 0.2) is 48.6 Å². The Morgan fingerprint density at radius 2 is 0.833 bits per heavy atom. The van der Waals surface area contributed by atoms with Gasteiger partial charge in [0.15, 0.2) is 6.10 Å². The normalized spacial score (nSPS) is 12.6. The van der Waals surface area contributed by atoms with Crippen molar-refractivity contribution in [1.29, 1.82) is 0 Å². The van der Waals surface area contributed by atoms with Crippen LogP contribution >= 0.6 is 0 Å². The molecule has 0 rings (SSSR count). The molecule has 314 valence electrons. The summed E-state index contributed by atoms with van der Waals surface area (Å²) in [5, 5.41) is 0. The highest BCUT2D eigenvalue weighted by Crippen LogP contribution is 2.14. The number of allylic oxidation sites excluding steroid dienone is 8. The number of hydrogen-bond donors (Lipinski definition) is 0. The van der Waals surface area contributed by atoms with E-state index in [1.165, 1.54) is 116 Å². The molecule has 54 heavy (non-hydrogen) atoms. The molecule has 0 N–H and O–H groups in total. The molecular formula is C49H88O5. The van der Waals surface area contributed by atoms with Crippen LogP contribution in [0.5, 0.6) is 0 Å². The molecule has 0 fully saturated rings. The average Bonchev–Trinajstić information content (AvgIpc) is 3.17. The van der Waals surface area contributed by atoms with Gasteiger partial charge in [-0.3, -0.25) is 9.59 Å². The molecule has 1 unspecified atom stereocenters. The van der Waals surface area contributed by atoms with E-state index in [2.05, 4.69) is 69.4 Å². The van der Waals surface area contributed by atoms with Gasteiger partial charge in [-0.25, -0.2) is 0 Å². The Labute approximate surface area is 335 Å². The summed E-state index contributed by atoms with van der Waals surface area (Å²) < 4.78 is 17.2. The second kappa shape index (κ2) is 45.3. The van der Waals surface area contributed by atoms with Crippen molar-refractivity contribution in [2.75, 3.05) is 19.8 Å². The van der Waals surface area contributed by atoms with Gasteiger partial charge in [0.05, 0.1) is 6.61 Å². The van der Waals surface area contributed by atoms with Crippen molar-refractivity contribution in [3.8, 4) is 0 Å². The maximum absolute atomic E-state index is 12.7. The largest absolute Gasteiger partial charge is 0.462 e. The summed E-state index contributed by atoms with van der Waals surface area (Å²) in [6.45, 7) is 7.68. The molecule has 0 aromatic rings. The first-order chi connectivity index (χ1) is 26.6. The van der Waals surface area contributed by atoms with Crippen molar-refractivity contribution >= 4 is 11.9 Å². The number of ether oxygens (including phenoxy) is 3. The smallest absolute Gasteiger partial charge is 0.306 e. The number of unbranched alkanes of at least 4 members (excludes halogenated alkanes) is 23. The van der Waals surface area contributed by atoms with Crippen LogP contribution in [0.25, 0.3) is 0 Å². The molecule has 0 aliphatic heterocycles. The van der Waals surface area contributed by atoms with Crippen molar-refractivity contribution in [2.24, 2.45) is 0 Å². The van der Waals surface area contributed by atoms with Gasteiger partial charge in [0, 0.05) is 19.4 Å². The van der Waals surface area contributed by atoms with E-state index in [0.29, 0.717) is 19.4 Å². The SMILES string of the molecule is CC/C=C\C/C=C\C/C=C\C/C=C\CCCCCCCCC(=O)OCC(COCCCCCCCC)OC(=O)CCCCCCCCCCCCCCC. The van der Waals surface area contributed by atoms with E-state index in [-0.39, 0.29) is 25.2 Å². The first-order valence-corrected chi connectivity index (χ1v) is 23.2. The maximum atomic E-state index is 12.7. The molecule has 0 amide bonds. The van der Waals surface area contributed by atoms with Crippen LogP contribution in [0.4, 0.5) is 0 Å². The molecule has 0 heterocycles. The van der Waals surface area contributed by atoms with Crippen LogP contribution in [0.2, 0.25) is 0 Å². The molecule has 0 aromatic carbocycles. The third-order valence-corrected chi connectivity index (χ3v) is 9.88. The van der Waals surface area contributed by atoms with Crippen molar-refractivity contribution in [3.63, 3.8) is 0 Å². The predicted octanol–water partition coefficient (Wildman–Crippen LogP) is 15.2. The summed E-state index contributed by atoms with van der Waals surface area (Å²) >= 11 is 0. The van der Waals surface area contributed by atoms with E-state index < -0.39 is 6.10 Å². The van der Waals surface area contributed by atoms with Gasteiger partial charge in [0.25, 0.3) is 0 Å². The van der Waals surface area contributed by atoms with E-state index in [1.807, 2.05) is 0 Å². The molecule has 0 aliphatic rings. The Bertz CT molecular complexity index is 904. The zero-order valence-corrected chi connectivity index (χ0v) is 36.0. The average molecular weight is 757 g/mol. The van der Waals surface area contributed by atoms with E-state index >= 15 is 0 Å². The van der Waals surface area contributed by atoms with Crippen LogP contribution in [-0.2, 0) is 23.8 Å². The van der Waals surface area contributed by atoms with Gasteiger partial charge in [-0.2, -0.15) is 0 Å². The maximum Gasteiger partial charge on any atom is 0.306 e. The van der Waals surface area contributed by atoms with Crippen LogP contribution in [0, 0.1) is 0 Å². The van der Waals surface area contributed by atoms with Crippen molar-refractivity contribution in [2.45, 2.75) is 232 Å². The number of esters is 2. The fraction of sp³-hybridized carbons (Fsp3) is 0.796. The molecule has 1 atom stereocenters. The first-order valence-electron chi connectivity index (χ1n) is 23.2. The summed E-state index contributed by atoms with van der Waals surface area (Å²) in [7, 11) is 0. The Morgan fingerprint density at radius 1 is 0.426 bits per heavy atom. The summed E-state index contributed by atoms with van der Waals surface area (Å²) in [5.41, 5.74) is 0. The molecule has 0 saturated carbocycles. The number of rotatable bonds is 42. The highest BCUT2D eigenvalue weighted by atomic mass is 16.6. The first kappa shape index (κ1) is 51.9. The minimum absolute atomic E-state index is 0.0803. The fourth-order valence-corrected chi connectivity index (χ4v) is 6.44. The van der Waals surface area contributed by atoms with Gasteiger partial charge in [0.2, 0.25) is 0 Å². The zero-order chi connectivity index (χ0) is 39.3. The second-order valence-electron chi connectivity index (χ2n) is 15.3. The van der Waals surface area contributed by atoms with Gasteiger partial charge in [-0.05, 0) is 57.8 Å². The zero-order valence-electron chi connectivity index (χ0n) is 36.0. The predicted molar refractivity (Wildman–Crippen MR) is 233 cm³/mol. The van der Waals surface area contributed by atoms with Crippen LogP contribution in [-0.4, -0.2) is 37.9 Å². The van der Waals surface area contributed by atoms with Gasteiger partial charge in [0.1, 0.15) is 6.61 Å². The summed E-state index contributed by atoms with van der Waals surface area (Å²) in [5.74, 6) is -0.410. The quantitative estimate of drug-likeness (QED) is 0.0353. The van der Waals surface area contributed by atoms with Gasteiger partial charge in [-0.15, -0.1) is 0 Å². The highest BCUT2D eigenvalue weighted by Gasteiger charge is 2.17. The lowest BCUT2D eigenvalue weighted by atomic mass is 10.0. The second-order valence-corrected chi connectivity index (χ2v) is 15.3. The Hall–Kier alpha value is -2.14.